The monoisotopic (exact) mass is 394 g/mol. The van der Waals surface area contributed by atoms with Gasteiger partial charge >= 0.3 is 0 Å². The molecule has 3 aromatic carbocycles. The molecular formula is C21H16Cl2N4. The van der Waals surface area contributed by atoms with Gasteiger partial charge in [0.15, 0.2) is 0 Å². The third-order valence-corrected chi connectivity index (χ3v) is 4.93. The molecule has 27 heavy (non-hydrogen) atoms. The van der Waals surface area contributed by atoms with Gasteiger partial charge < -0.3 is 10.6 Å². The fourth-order valence-corrected chi connectivity index (χ4v) is 3.07. The van der Waals surface area contributed by atoms with Crippen molar-refractivity contribution in [3.63, 3.8) is 0 Å². The molecule has 0 bridgehead atoms. The number of benzene rings is 3. The summed E-state index contributed by atoms with van der Waals surface area (Å²) in [6, 6.07) is 21.4. The smallest absolute Gasteiger partial charge is 0.229 e. The van der Waals surface area contributed by atoms with E-state index in [9.17, 15) is 0 Å². The SMILES string of the molecule is Cc1ccc(Nc2nc(Nc3cccc(Cl)c3Cl)nc3ccccc23)cc1. The molecule has 0 fully saturated rings. The van der Waals surface area contributed by atoms with Gasteiger partial charge in [-0.15, -0.1) is 0 Å². The van der Waals surface area contributed by atoms with Crippen molar-refractivity contribution in [1.82, 2.24) is 9.97 Å². The standard InChI is InChI=1S/C21H16Cl2N4/c1-13-9-11-14(12-10-13)24-20-15-5-2-3-7-17(15)25-21(27-20)26-18-8-4-6-16(22)19(18)23/h2-12H,1H3,(H2,24,25,26,27). The fourth-order valence-electron chi connectivity index (χ4n) is 2.72. The number of para-hydroxylation sites is 1. The fraction of sp³-hybridized carbons (Fsp3) is 0.0476. The van der Waals surface area contributed by atoms with Gasteiger partial charge in [-0.25, -0.2) is 4.98 Å². The van der Waals surface area contributed by atoms with E-state index in [-0.39, 0.29) is 0 Å². The summed E-state index contributed by atoms with van der Waals surface area (Å²) in [6.45, 7) is 2.06. The lowest BCUT2D eigenvalue weighted by molar-refractivity contribution is 1.21. The zero-order valence-electron chi connectivity index (χ0n) is 14.5. The quantitative estimate of drug-likeness (QED) is 0.402. The van der Waals surface area contributed by atoms with Crippen LogP contribution in [0.3, 0.4) is 0 Å². The Morgan fingerprint density at radius 1 is 0.778 bits per heavy atom. The Morgan fingerprint density at radius 2 is 1.56 bits per heavy atom. The van der Waals surface area contributed by atoms with E-state index < -0.39 is 0 Å². The molecule has 0 amide bonds. The molecule has 0 atom stereocenters. The van der Waals surface area contributed by atoms with Crippen LogP contribution in [0.5, 0.6) is 0 Å². The Balaban J connectivity index is 1.76. The molecule has 0 unspecified atom stereocenters. The van der Waals surface area contributed by atoms with Crippen molar-refractivity contribution in [3.05, 3.63) is 82.3 Å². The molecule has 4 aromatic rings. The molecule has 1 heterocycles. The molecule has 0 aliphatic carbocycles. The van der Waals surface area contributed by atoms with Crippen LogP contribution in [-0.2, 0) is 0 Å². The number of rotatable bonds is 4. The third-order valence-electron chi connectivity index (χ3n) is 4.12. The van der Waals surface area contributed by atoms with Gasteiger partial charge in [0.1, 0.15) is 5.82 Å². The highest BCUT2D eigenvalue weighted by molar-refractivity contribution is 6.43. The average molecular weight is 395 g/mol. The van der Waals surface area contributed by atoms with Crippen LogP contribution in [0.4, 0.5) is 23.1 Å². The molecule has 0 spiro atoms. The van der Waals surface area contributed by atoms with E-state index in [1.54, 1.807) is 6.07 Å². The van der Waals surface area contributed by atoms with E-state index in [2.05, 4.69) is 39.7 Å². The summed E-state index contributed by atoms with van der Waals surface area (Å²) in [4.78, 5) is 9.24. The number of nitrogens with zero attached hydrogens (tertiary/aromatic N) is 2. The average Bonchev–Trinajstić information content (AvgIpc) is 2.67. The van der Waals surface area contributed by atoms with Gasteiger partial charge in [0.2, 0.25) is 5.95 Å². The molecule has 4 rings (SSSR count). The van der Waals surface area contributed by atoms with Crippen LogP contribution in [0.15, 0.2) is 66.7 Å². The molecule has 0 aliphatic heterocycles. The molecule has 0 aliphatic rings. The van der Waals surface area contributed by atoms with E-state index in [1.807, 2.05) is 48.5 Å². The number of nitrogens with one attached hydrogen (secondary N) is 2. The Kier molecular flexibility index (Phi) is 4.84. The largest absolute Gasteiger partial charge is 0.340 e. The summed E-state index contributed by atoms with van der Waals surface area (Å²) in [5.74, 6) is 1.15. The summed E-state index contributed by atoms with van der Waals surface area (Å²) in [7, 11) is 0. The first-order chi connectivity index (χ1) is 13.1. The highest BCUT2D eigenvalue weighted by Gasteiger charge is 2.10. The zero-order chi connectivity index (χ0) is 18.8. The van der Waals surface area contributed by atoms with Crippen LogP contribution in [0.25, 0.3) is 10.9 Å². The van der Waals surface area contributed by atoms with Crippen molar-refractivity contribution in [1.29, 1.82) is 0 Å². The minimum atomic E-state index is 0.434. The van der Waals surface area contributed by atoms with Crippen LogP contribution in [-0.4, -0.2) is 9.97 Å². The first kappa shape index (κ1) is 17.6. The molecule has 134 valence electrons. The molecule has 1 aromatic heterocycles. The van der Waals surface area contributed by atoms with Gasteiger partial charge in [0, 0.05) is 11.1 Å². The van der Waals surface area contributed by atoms with Gasteiger partial charge in [-0.2, -0.15) is 4.98 Å². The second-order valence-corrected chi connectivity index (χ2v) is 6.92. The number of hydrogen-bond acceptors (Lipinski definition) is 4. The number of hydrogen-bond donors (Lipinski definition) is 2. The lowest BCUT2D eigenvalue weighted by atomic mass is 10.2. The van der Waals surface area contributed by atoms with Gasteiger partial charge in [0.25, 0.3) is 0 Å². The van der Waals surface area contributed by atoms with Crippen LogP contribution < -0.4 is 10.6 Å². The predicted molar refractivity (Wildman–Crippen MR) is 114 cm³/mol. The number of anilines is 4. The normalized spacial score (nSPS) is 10.8. The maximum absolute atomic E-state index is 6.28. The van der Waals surface area contributed by atoms with Crippen molar-refractivity contribution < 1.29 is 0 Å². The van der Waals surface area contributed by atoms with E-state index in [0.29, 0.717) is 27.5 Å². The lowest BCUT2D eigenvalue weighted by Crippen LogP contribution is -2.02. The van der Waals surface area contributed by atoms with E-state index >= 15 is 0 Å². The molecule has 4 nitrogen and oxygen atoms in total. The third kappa shape index (κ3) is 3.82. The molecule has 6 heteroatoms. The lowest BCUT2D eigenvalue weighted by Gasteiger charge is -2.13. The van der Waals surface area contributed by atoms with Crippen molar-refractivity contribution >= 4 is 57.2 Å². The first-order valence-electron chi connectivity index (χ1n) is 8.42. The molecule has 0 radical (unpaired) electrons. The van der Waals surface area contributed by atoms with Crippen LogP contribution in [0.2, 0.25) is 10.0 Å². The molecule has 2 N–H and O–H groups in total. The Morgan fingerprint density at radius 3 is 2.37 bits per heavy atom. The first-order valence-corrected chi connectivity index (χ1v) is 9.17. The molecule has 0 saturated heterocycles. The van der Waals surface area contributed by atoms with Crippen LogP contribution in [0.1, 0.15) is 5.56 Å². The number of aryl methyl sites for hydroxylation is 1. The number of fused-ring (bicyclic) bond motifs is 1. The topological polar surface area (TPSA) is 49.8 Å². The van der Waals surface area contributed by atoms with Gasteiger partial charge in [-0.1, -0.05) is 59.1 Å². The van der Waals surface area contributed by atoms with Crippen LogP contribution >= 0.6 is 23.2 Å². The van der Waals surface area contributed by atoms with Crippen molar-refractivity contribution in [2.24, 2.45) is 0 Å². The second-order valence-electron chi connectivity index (χ2n) is 6.13. The maximum Gasteiger partial charge on any atom is 0.229 e. The summed E-state index contributed by atoms with van der Waals surface area (Å²) in [5, 5.41) is 8.38. The molecular weight excluding hydrogens is 379 g/mol. The van der Waals surface area contributed by atoms with Crippen molar-refractivity contribution in [2.75, 3.05) is 10.6 Å². The summed E-state index contributed by atoms with van der Waals surface area (Å²) in [5.41, 5.74) is 3.63. The van der Waals surface area contributed by atoms with E-state index in [0.717, 1.165) is 16.6 Å². The summed E-state index contributed by atoms with van der Waals surface area (Å²) >= 11 is 12.4. The van der Waals surface area contributed by atoms with Gasteiger partial charge in [0.05, 0.1) is 21.2 Å². The van der Waals surface area contributed by atoms with Gasteiger partial charge in [-0.05, 0) is 43.3 Å². The van der Waals surface area contributed by atoms with Crippen LogP contribution in [0, 0.1) is 6.92 Å². The summed E-state index contributed by atoms with van der Waals surface area (Å²) < 4.78 is 0. The zero-order valence-corrected chi connectivity index (χ0v) is 16.0. The minimum Gasteiger partial charge on any atom is -0.340 e. The minimum absolute atomic E-state index is 0.434. The maximum atomic E-state index is 6.28. The Hall–Kier alpha value is -2.82. The van der Waals surface area contributed by atoms with Gasteiger partial charge in [-0.3, -0.25) is 0 Å². The predicted octanol–water partition coefficient (Wildman–Crippen LogP) is 6.73. The second kappa shape index (κ2) is 7.43. The molecule has 0 saturated carbocycles. The Labute approximate surface area is 167 Å². The van der Waals surface area contributed by atoms with E-state index in [1.165, 1.54) is 5.56 Å². The number of halogens is 2. The highest BCUT2D eigenvalue weighted by atomic mass is 35.5. The highest BCUT2D eigenvalue weighted by Crippen LogP contribution is 2.32. The summed E-state index contributed by atoms with van der Waals surface area (Å²) in [6.07, 6.45) is 0. The van der Waals surface area contributed by atoms with Crippen molar-refractivity contribution in [2.45, 2.75) is 6.92 Å². The number of aromatic nitrogens is 2. The van der Waals surface area contributed by atoms with Crippen molar-refractivity contribution in [3.8, 4) is 0 Å². The van der Waals surface area contributed by atoms with E-state index in [4.69, 9.17) is 23.2 Å². The Bertz CT molecular complexity index is 1110.